The van der Waals surface area contributed by atoms with Gasteiger partial charge in [0.2, 0.25) is 0 Å². The highest BCUT2D eigenvalue weighted by atomic mass is 127. The van der Waals surface area contributed by atoms with Crippen molar-refractivity contribution in [1.82, 2.24) is 4.57 Å². The highest BCUT2D eigenvalue weighted by molar-refractivity contribution is 14.1. The first-order valence-corrected chi connectivity index (χ1v) is 7.67. The molecule has 0 aliphatic heterocycles. The van der Waals surface area contributed by atoms with Crippen LogP contribution in [0.1, 0.15) is 56.4 Å². The van der Waals surface area contributed by atoms with Crippen LogP contribution in [-0.2, 0) is 6.54 Å². The molecule has 18 heavy (non-hydrogen) atoms. The van der Waals surface area contributed by atoms with Gasteiger partial charge in [-0.25, -0.2) is 4.79 Å². The monoisotopic (exact) mass is 363 g/mol. The number of carboxylic acids is 1. The molecule has 1 aromatic rings. The number of unbranched alkanes of at least 4 members (excludes halogenated alkanes) is 3. The number of hydrogen-bond donors (Lipinski definition) is 1. The van der Waals surface area contributed by atoms with E-state index in [-0.39, 0.29) is 0 Å². The van der Waals surface area contributed by atoms with Crippen LogP contribution in [0.25, 0.3) is 0 Å². The lowest BCUT2D eigenvalue weighted by Crippen LogP contribution is -2.07. The zero-order chi connectivity index (χ0) is 13.5. The molecule has 0 saturated heterocycles. The number of carbonyl (C=O) groups is 1. The molecule has 1 aromatic heterocycles. The van der Waals surface area contributed by atoms with Gasteiger partial charge in [0.15, 0.2) is 0 Å². The van der Waals surface area contributed by atoms with Gasteiger partial charge in [0.25, 0.3) is 0 Å². The largest absolute Gasteiger partial charge is 0.477 e. The number of rotatable bonds is 8. The van der Waals surface area contributed by atoms with Crippen molar-refractivity contribution >= 4 is 28.6 Å². The molecule has 0 amide bonds. The van der Waals surface area contributed by atoms with Crippen molar-refractivity contribution in [1.29, 1.82) is 0 Å². The second-order valence-corrected chi connectivity index (χ2v) is 6.38. The summed E-state index contributed by atoms with van der Waals surface area (Å²) in [6.45, 7) is 5.31. The van der Waals surface area contributed by atoms with Gasteiger partial charge >= 0.3 is 5.97 Å². The van der Waals surface area contributed by atoms with E-state index in [4.69, 9.17) is 5.11 Å². The highest BCUT2D eigenvalue weighted by Gasteiger charge is 2.10. The molecule has 1 N–H and O–H groups in total. The molecule has 0 bridgehead atoms. The lowest BCUT2D eigenvalue weighted by molar-refractivity contribution is 0.0685. The number of hydrogen-bond acceptors (Lipinski definition) is 1. The third-order valence-electron chi connectivity index (χ3n) is 3.01. The Morgan fingerprint density at radius 3 is 2.61 bits per heavy atom. The molecule has 0 aliphatic carbocycles. The molecule has 0 spiro atoms. The highest BCUT2D eigenvalue weighted by Crippen LogP contribution is 2.14. The van der Waals surface area contributed by atoms with E-state index in [0.717, 1.165) is 22.5 Å². The van der Waals surface area contributed by atoms with Crippen molar-refractivity contribution < 1.29 is 9.90 Å². The maximum Gasteiger partial charge on any atom is 0.352 e. The fraction of sp³-hybridized carbons (Fsp3) is 0.643. The Hall–Kier alpha value is -0.520. The average molecular weight is 363 g/mol. The van der Waals surface area contributed by atoms with Crippen molar-refractivity contribution in [3.8, 4) is 0 Å². The minimum absolute atomic E-state index is 0.404. The van der Waals surface area contributed by atoms with Crippen LogP contribution in [0.15, 0.2) is 12.3 Å². The first kappa shape index (κ1) is 15.5. The van der Waals surface area contributed by atoms with Crippen LogP contribution in [0.3, 0.4) is 0 Å². The zero-order valence-corrected chi connectivity index (χ0v) is 13.3. The SMILES string of the molecule is CC(C)CCCCCCn1cc(I)cc1C(=O)O. The number of carboxylic acid groups (broad SMARTS) is 1. The molecule has 3 nitrogen and oxygen atoms in total. The van der Waals surface area contributed by atoms with Gasteiger partial charge in [0.1, 0.15) is 5.69 Å². The molecule has 0 fully saturated rings. The quantitative estimate of drug-likeness (QED) is 0.550. The van der Waals surface area contributed by atoms with Crippen molar-refractivity contribution in [3.63, 3.8) is 0 Å². The molecule has 4 heteroatoms. The summed E-state index contributed by atoms with van der Waals surface area (Å²) in [5.74, 6) is -0.0487. The molecule has 0 saturated carbocycles. The van der Waals surface area contributed by atoms with Crippen molar-refractivity contribution in [2.24, 2.45) is 5.92 Å². The van der Waals surface area contributed by atoms with Crippen molar-refractivity contribution in [3.05, 3.63) is 21.5 Å². The fourth-order valence-corrected chi connectivity index (χ4v) is 2.66. The Bertz CT molecular complexity index is 385. The predicted octanol–water partition coefficient (Wildman–Crippen LogP) is 4.40. The van der Waals surface area contributed by atoms with E-state index < -0.39 is 5.97 Å². The summed E-state index contributed by atoms with van der Waals surface area (Å²) < 4.78 is 2.84. The van der Waals surface area contributed by atoms with Gasteiger partial charge in [0.05, 0.1) is 0 Å². The molecule has 102 valence electrons. The van der Waals surface area contributed by atoms with Crippen LogP contribution in [0.4, 0.5) is 0 Å². The Balaban J connectivity index is 2.29. The minimum Gasteiger partial charge on any atom is -0.477 e. The van der Waals surface area contributed by atoms with E-state index in [1.165, 1.54) is 25.7 Å². The van der Waals surface area contributed by atoms with E-state index in [2.05, 4.69) is 36.4 Å². The standard InChI is InChI=1S/C14H22INO2/c1-11(2)7-5-3-4-6-8-16-10-12(15)9-13(16)14(17)18/h9-11H,3-8H2,1-2H3,(H,17,18). The Kier molecular flexibility index (Phi) is 6.75. The van der Waals surface area contributed by atoms with E-state index in [1.807, 2.05) is 10.8 Å². The number of aromatic nitrogens is 1. The summed E-state index contributed by atoms with van der Waals surface area (Å²) in [4.78, 5) is 11.0. The maximum absolute atomic E-state index is 11.0. The predicted molar refractivity (Wildman–Crippen MR) is 82.0 cm³/mol. The molecule has 0 aromatic carbocycles. The number of aromatic carboxylic acids is 1. The third-order valence-corrected chi connectivity index (χ3v) is 3.60. The van der Waals surface area contributed by atoms with Crippen LogP contribution in [0.5, 0.6) is 0 Å². The van der Waals surface area contributed by atoms with Crippen LogP contribution in [-0.4, -0.2) is 15.6 Å². The number of nitrogens with zero attached hydrogens (tertiary/aromatic N) is 1. The Morgan fingerprint density at radius 1 is 1.33 bits per heavy atom. The van der Waals surface area contributed by atoms with E-state index in [0.29, 0.717) is 5.69 Å². The van der Waals surface area contributed by atoms with Gasteiger partial charge in [-0.05, 0) is 41.0 Å². The van der Waals surface area contributed by atoms with Crippen LogP contribution in [0.2, 0.25) is 0 Å². The summed E-state index contributed by atoms with van der Waals surface area (Å²) in [5, 5.41) is 9.06. The van der Waals surface area contributed by atoms with Crippen molar-refractivity contribution in [2.45, 2.75) is 52.5 Å². The molecule has 1 rings (SSSR count). The van der Waals surface area contributed by atoms with Crippen molar-refractivity contribution in [2.75, 3.05) is 0 Å². The Morgan fingerprint density at radius 2 is 2.00 bits per heavy atom. The summed E-state index contributed by atoms with van der Waals surface area (Å²) in [6, 6.07) is 1.72. The smallest absolute Gasteiger partial charge is 0.352 e. The van der Waals surface area contributed by atoms with Gasteiger partial charge in [-0.2, -0.15) is 0 Å². The summed E-state index contributed by atoms with van der Waals surface area (Å²) in [7, 11) is 0. The molecule has 0 radical (unpaired) electrons. The van der Waals surface area contributed by atoms with Gasteiger partial charge in [0, 0.05) is 16.3 Å². The summed E-state index contributed by atoms with van der Waals surface area (Å²) >= 11 is 2.16. The normalized spacial score (nSPS) is 11.1. The average Bonchev–Trinajstić information content (AvgIpc) is 2.64. The maximum atomic E-state index is 11.0. The lowest BCUT2D eigenvalue weighted by atomic mass is 10.0. The summed E-state index contributed by atoms with van der Waals surface area (Å²) in [5.41, 5.74) is 0.404. The molecule has 0 atom stereocenters. The topological polar surface area (TPSA) is 42.2 Å². The number of halogens is 1. The zero-order valence-electron chi connectivity index (χ0n) is 11.2. The molecule has 0 aliphatic rings. The van der Waals surface area contributed by atoms with E-state index >= 15 is 0 Å². The van der Waals surface area contributed by atoms with Gasteiger partial charge in [-0.1, -0.05) is 39.5 Å². The van der Waals surface area contributed by atoms with Crippen LogP contribution < -0.4 is 0 Å². The second-order valence-electron chi connectivity index (χ2n) is 5.14. The summed E-state index contributed by atoms with van der Waals surface area (Å²) in [6.07, 6.45) is 7.98. The van der Waals surface area contributed by atoms with Gasteiger partial charge in [-0.3, -0.25) is 0 Å². The third kappa shape index (κ3) is 5.42. The molecule has 0 unspecified atom stereocenters. The van der Waals surface area contributed by atoms with Crippen LogP contribution >= 0.6 is 22.6 Å². The lowest BCUT2D eigenvalue weighted by Gasteiger charge is -2.07. The Labute approximate surface area is 123 Å². The van der Waals surface area contributed by atoms with E-state index in [1.54, 1.807) is 6.07 Å². The fourth-order valence-electron chi connectivity index (χ4n) is 2.03. The minimum atomic E-state index is -0.835. The second kappa shape index (κ2) is 7.81. The molecule has 1 heterocycles. The first-order valence-electron chi connectivity index (χ1n) is 6.59. The number of aryl methyl sites for hydroxylation is 1. The van der Waals surface area contributed by atoms with E-state index in [9.17, 15) is 4.79 Å². The van der Waals surface area contributed by atoms with Gasteiger partial charge in [-0.15, -0.1) is 0 Å². The van der Waals surface area contributed by atoms with Gasteiger partial charge < -0.3 is 9.67 Å². The molecular weight excluding hydrogens is 341 g/mol. The first-order chi connectivity index (χ1) is 8.50. The molecular formula is C14H22INO2. The van der Waals surface area contributed by atoms with Crippen LogP contribution in [0, 0.1) is 9.49 Å².